The summed E-state index contributed by atoms with van der Waals surface area (Å²) < 4.78 is 5.35. The summed E-state index contributed by atoms with van der Waals surface area (Å²) in [6.07, 6.45) is 0.384. The van der Waals surface area contributed by atoms with E-state index in [-0.39, 0.29) is 29.8 Å². The van der Waals surface area contributed by atoms with Gasteiger partial charge in [0.05, 0.1) is 17.8 Å². The number of likely N-dealkylation sites (N-methyl/N-ethyl adjacent to an activating group) is 1. The Labute approximate surface area is 221 Å². The first-order chi connectivity index (χ1) is 17.9. The second-order valence-electron chi connectivity index (χ2n) is 8.39. The molecule has 3 aromatic rings. The van der Waals surface area contributed by atoms with Crippen molar-refractivity contribution in [2.45, 2.75) is 31.7 Å². The summed E-state index contributed by atoms with van der Waals surface area (Å²) in [7, 11) is 1.59. The van der Waals surface area contributed by atoms with Crippen LogP contribution in [0.25, 0.3) is 0 Å². The monoisotopic (exact) mass is 521 g/mol. The lowest BCUT2D eigenvalue weighted by molar-refractivity contribution is -0.384. The third-order valence-electron chi connectivity index (χ3n) is 5.75. The van der Waals surface area contributed by atoms with Crippen molar-refractivity contribution < 1.29 is 19.2 Å². The fraction of sp³-hybridized carbons (Fsp3) is 0.286. The van der Waals surface area contributed by atoms with Gasteiger partial charge in [0, 0.05) is 37.4 Å². The summed E-state index contributed by atoms with van der Waals surface area (Å²) >= 11 is 1.41. The van der Waals surface area contributed by atoms with Gasteiger partial charge in [-0.05, 0) is 35.7 Å². The lowest BCUT2D eigenvalue weighted by Gasteiger charge is -2.31. The molecule has 0 aromatic heterocycles. The highest BCUT2D eigenvalue weighted by Gasteiger charge is 2.30. The Morgan fingerprint density at radius 1 is 1.00 bits per heavy atom. The SMILES string of the molecule is CCNC(=O)[C@H](Cc1ccccc1)N(Cc1cccc(OC)c1)C(=O)CSCc1ccc([N+](=O)[O-])cc1. The predicted molar refractivity (Wildman–Crippen MR) is 145 cm³/mol. The number of amides is 2. The highest BCUT2D eigenvalue weighted by molar-refractivity contribution is 7.99. The number of hydrogen-bond donors (Lipinski definition) is 1. The number of rotatable bonds is 13. The second kappa shape index (κ2) is 14.0. The third-order valence-corrected chi connectivity index (χ3v) is 6.74. The number of carbonyl (C=O) groups excluding carboxylic acids is 2. The summed E-state index contributed by atoms with van der Waals surface area (Å²) in [5.74, 6) is 0.979. The Bertz CT molecular complexity index is 1190. The number of benzene rings is 3. The number of methoxy groups -OCH3 is 1. The van der Waals surface area contributed by atoms with Crippen molar-refractivity contribution in [3.8, 4) is 5.75 Å². The largest absolute Gasteiger partial charge is 0.497 e. The normalized spacial score (nSPS) is 11.4. The summed E-state index contributed by atoms with van der Waals surface area (Å²) in [5, 5.41) is 13.8. The maximum Gasteiger partial charge on any atom is 0.269 e. The van der Waals surface area contributed by atoms with Gasteiger partial charge in [0.25, 0.3) is 5.69 Å². The molecular weight excluding hydrogens is 490 g/mol. The summed E-state index contributed by atoms with van der Waals surface area (Å²) in [6.45, 7) is 2.56. The minimum atomic E-state index is -0.693. The zero-order chi connectivity index (χ0) is 26.6. The molecule has 0 saturated heterocycles. The predicted octanol–water partition coefficient (Wildman–Crippen LogP) is 4.61. The molecule has 3 aromatic carbocycles. The van der Waals surface area contributed by atoms with Gasteiger partial charge in [-0.2, -0.15) is 0 Å². The smallest absolute Gasteiger partial charge is 0.269 e. The van der Waals surface area contributed by atoms with Crippen molar-refractivity contribution >= 4 is 29.3 Å². The second-order valence-corrected chi connectivity index (χ2v) is 9.38. The van der Waals surface area contributed by atoms with Gasteiger partial charge < -0.3 is 15.0 Å². The molecule has 2 amide bonds. The van der Waals surface area contributed by atoms with Crippen molar-refractivity contribution in [3.05, 3.63) is 106 Å². The molecule has 1 N–H and O–H groups in total. The first-order valence-electron chi connectivity index (χ1n) is 12.0. The van der Waals surface area contributed by atoms with E-state index in [1.807, 2.05) is 61.5 Å². The molecule has 194 valence electrons. The fourth-order valence-electron chi connectivity index (χ4n) is 3.87. The first kappa shape index (κ1) is 27.7. The molecule has 37 heavy (non-hydrogen) atoms. The average Bonchev–Trinajstić information content (AvgIpc) is 2.91. The first-order valence-corrected chi connectivity index (χ1v) is 13.1. The molecule has 0 spiro atoms. The van der Waals surface area contributed by atoms with E-state index >= 15 is 0 Å². The molecule has 9 heteroatoms. The van der Waals surface area contributed by atoms with E-state index in [9.17, 15) is 19.7 Å². The van der Waals surface area contributed by atoms with Gasteiger partial charge in [-0.25, -0.2) is 0 Å². The fourth-order valence-corrected chi connectivity index (χ4v) is 4.74. The number of ether oxygens (including phenoxy) is 1. The molecule has 8 nitrogen and oxygen atoms in total. The Kier molecular flexibility index (Phi) is 10.5. The van der Waals surface area contributed by atoms with Crippen LogP contribution < -0.4 is 10.1 Å². The minimum absolute atomic E-state index is 0.0278. The van der Waals surface area contributed by atoms with E-state index in [4.69, 9.17) is 4.74 Å². The lowest BCUT2D eigenvalue weighted by atomic mass is 10.0. The van der Waals surface area contributed by atoms with Crippen LogP contribution in [0.1, 0.15) is 23.6 Å². The Balaban J connectivity index is 1.81. The Morgan fingerprint density at radius 2 is 1.70 bits per heavy atom. The van der Waals surface area contributed by atoms with Gasteiger partial charge in [-0.15, -0.1) is 11.8 Å². The number of nitro benzene ring substituents is 1. The average molecular weight is 522 g/mol. The third kappa shape index (κ3) is 8.35. The quantitative estimate of drug-likeness (QED) is 0.260. The number of hydrogen-bond acceptors (Lipinski definition) is 6. The summed E-state index contributed by atoms with van der Waals surface area (Å²) in [6, 6.07) is 22.7. The molecule has 0 fully saturated rings. The molecule has 0 unspecified atom stereocenters. The maximum absolute atomic E-state index is 13.6. The highest BCUT2D eigenvalue weighted by atomic mass is 32.2. The molecule has 0 aliphatic heterocycles. The van der Waals surface area contributed by atoms with E-state index < -0.39 is 11.0 Å². The van der Waals surface area contributed by atoms with E-state index in [0.29, 0.717) is 24.5 Å². The van der Waals surface area contributed by atoms with Crippen LogP contribution in [0.5, 0.6) is 5.75 Å². The number of nitro groups is 1. The number of carbonyl (C=O) groups is 2. The molecule has 0 aliphatic rings. The van der Waals surface area contributed by atoms with Gasteiger partial charge in [-0.3, -0.25) is 19.7 Å². The van der Waals surface area contributed by atoms with Crippen LogP contribution in [0.2, 0.25) is 0 Å². The van der Waals surface area contributed by atoms with Crippen LogP contribution in [0.15, 0.2) is 78.9 Å². The topological polar surface area (TPSA) is 102 Å². The van der Waals surface area contributed by atoms with Gasteiger partial charge in [0.15, 0.2) is 0 Å². The summed E-state index contributed by atoms with van der Waals surface area (Å²) in [4.78, 5) is 38.9. The molecule has 0 heterocycles. The molecule has 0 bridgehead atoms. The van der Waals surface area contributed by atoms with Crippen LogP contribution in [-0.4, -0.2) is 47.1 Å². The Hall–Kier alpha value is -3.85. The maximum atomic E-state index is 13.6. The van der Waals surface area contributed by atoms with Crippen LogP contribution in [0, 0.1) is 10.1 Å². The van der Waals surface area contributed by atoms with E-state index in [0.717, 1.165) is 16.7 Å². The van der Waals surface area contributed by atoms with Crippen molar-refractivity contribution in [2.75, 3.05) is 19.4 Å². The molecule has 0 saturated carbocycles. The zero-order valence-electron chi connectivity index (χ0n) is 21.0. The van der Waals surface area contributed by atoms with Gasteiger partial charge in [-0.1, -0.05) is 54.6 Å². The highest BCUT2D eigenvalue weighted by Crippen LogP contribution is 2.21. The van der Waals surface area contributed by atoms with Gasteiger partial charge in [0.1, 0.15) is 11.8 Å². The van der Waals surface area contributed by atoms with Crippen LogP contribution in [0.4, 0.5) is 5.69 Å². The van der Waals surface area contributed by atoms with E-state index in [1.165, 1.54) is 23.9 Å². The van der Waals surface area contributed by atoms with Crippen LogP contribution in [-0.2, 0) is 28.3 Å². The number of nitrogens with one attached hydrogen (secondary N) is 1. The molecule has 0 radical (unpaired) electrons. The Morgan fingerprint density at radius 3 is 2.35 bits per heavy atom. The van der Waals surface area contributed by atoms with E-state index in [1.54, 1.807) is 24.1 Å². The number of thioether (sulfide) groups is 1. The molecular formula is C28H31N3O5S. The number of non-ortho nitro benzene ring substituents is 1. The lowest BCUT2D eigenvalue weighted by Crippen LogP contribution is -2.51. The van der Waals surface area contributed by atoms with Crippen molar-refractivity contribution in [1.82, 2.24) is 10.2 Å². The van der Waals surface area contributed by atoms with Gasteiger partial charge in [0.2, 0.25) is 11.8 Å². The van der Waals surface area contributed by atoms with Crippen molar-refractivity contribution in [3.63, 3.8) is 0 Å². The van der Waals surface area contributed by atoms with Crippen LogP contribution in [0.3, 0.4) is 0 Å². The van der Waals surface area contributed by atoms with Crippen molar-refractivity contribution in [1.29, 1.82) is 0 Å². The minimum Gasteiger partial charge on any atom is -0.497 e. The standard InChI is InChI=1S/C28H31N3O5S/c1-3-29-28(33)26(17-21-8-5-4-6-9-21)30(18-23-10-7-11-25(16-23)36-2)27(32)20-37-19-22-12-14-24(15-13-22)31(34)35/h4-16,26H,3,17-20H2,1-2H3,(H,29,33)/t26-/m0/s1. The summed E-state index contributed by atoms with van der Waals surface area (Å²) in [5.41, 5.74) is 2.73. The molecule has 3 rings (SSSR count). The molecule has 1 atom stereocenters. The van der Waals surface area contributed by atoms with Crippen LogP contribution >= 0.6 is 11.8 Å². The van der Waals surface area contributed by atoms with Crippen molar-refractivity contribution in [2.24, 2.45) is 0 Å². The van der Waals surface area contributed by atoms with E-state index in [2.05, 4.69) is 5.32 Å². The molecule has 0 aliphatic carbocycles. The van der Waals surface area contributed by atoms with Gasteiger partial charge >= 0.3 is 0 Å². The number of nitrogens with zero attached hydrogens (tertiary/aromatic N) is 2. The zero-order valence-corrected chi connectivity index (χ0v) is 21.8.